The van der Waals surface area contributed by atoms with Crippen LogP contribution in [0.15, 0.2) is 23.0 Å². The van der Waals surface area contributed by atoms with Crippen molar-refractivity contribution in [2.45, 2.75) is 40.2 Å². The van der Waals surface area contributed by atoms with Gasteiger partial charge in [0.1, 0.15) is 5.82 Å². The van der Waals surface area contributed by atoms with Gasteiger partial charge in [-0.25, -0.2) is 4.98 Å². The molecule has 0 spiro atoms. The van der Waals surface area contributed by atoms with E-state index in [0.29, 0.717) is 28.2 Å². The molecule has 1 aromatic carbocycles. The van der Waals surface area contributed by atoms with Gasteiger partial charge in [0.15, 0.2) is 0 Å². The first kappa shape index (κ1) is 17.5. The van der Waals surface area contributed by atoms with Crippen LogP contribution in [-0.4, -0.2) is 15.5 Å². The van der Waals surface area contributed by atoms with Gasteiger partial charge in [-0.3, -0.25) is 14.2 Å². The number of hydrogen-bond donors (Lipinski definition) is 1. The number of aromatic nitrogens is 2. The van der Waals surface area contributed by atoms with Crippen LogP contribution >= 0.6 is 11.6 Å². The molecule has 0 bridgehead atoms. The quantitative estimate of drug-likeness (QED) is 0.936. The van der Waals surface area contributed by atoms with E-state index in [1.54, 1.807) is 25.2 Å². The van der Waals surface area contributed by atoms with Crippen molar-refractivity contribution in [1.82, 2.24) is 14.9 Å². The maximum atomic E-state index is 12.4. The minimum atomic E-state index is -0.370. The Kier molecular flexibility index (Phi) is 4.80. The van der Waals surface area contributed by atoms with Crippen molar-refractivity contribution in [2.24, 2.45) is 12.5 Å². The predicted octanol–water partition coefficient (Wildman–Crippen LogP) is 3.20. The van der Waals surface area contributed by atoms with Crippen LogP contribution in [0.3, 0.4) is 0 Å². The number of hydrogen-bond acceptors (Lipinski definition) is 3. The summed E-state index contributed by atoms with van der Waals surface area (Å²) in [6.07, 6.45) is 0.407. The Morgan fingerprint density at radius 2 is 2.04 bits per heavy atom. The molecule has 0 saturated carbocycles. The third-order valence-corrected chi connectivity index (χ3v) is 3.76. The van der Waals surface area contributed by atoms with Crippen LogP contribution in [0.4, 0.5) is 0 Å². The van der Waals surface area contributed by atoms with Gasteiger partial charge in [0, 0.05) is 18.5 Å². The van der Waals surface area contributed by atoms with Crippen molar-refractivity contribution in [3.8, 4) is 0 Å². The van der Waals surface area contributed by atoms with Crippen LogP contribution in [0.2, 0.25) is 5.02 Å². The zero-order valence-electron chi connectivity index (χ0n) is 14.1. The topological polar surface area (TPSA) is 64.0 Å². The highest BCUT2D eigenvalue weighted by Crippen LogP contribution is 2.20. The monoisotopic (exact) mass is 335 g/mol. The number of nitrogens with zero attached hydrogens (tertiary/aromatic N) is 2. The number of carbonyl (C=O) groups is 1. The Bertz CT molecular complexity index is 806. The number of nitrogens with one attached hydrogen (secondary N) is 1. The smallest absolute Gasteiger partial charge is 0.261 e. The lowest BCUT2D eigenvalue weighted by molar-refractivity contribution is -0.123. The summed E-state index contributed by atoms with van der Waals surface area (Å²) in [6.45, 7) is 7.83. The average molecular weight is 336 g/mol. The molecule has 0 aliphatic rings. The fourth-order valence-corrected chi connectivity index (χ4v) is 2.65. The molecule has 23 heavy (non-hydrogen) atoms. The molecule has 1 atom stereocenters. The van der Waals surface area contributed by atoms with E-state index < -0.39 is 0 Å². The lowest BCUT2D eigenvalue weighted by atomic mass is 9.92. The minimum Gasteiger partial charge on any atom is -0.346 e. The molecule has 124 valence electrons. The second kappa shape index (κ2) is 6.32. The van der Waals surface area contributed by atoms with Crippen molar-refractivity contribution in [3.63, 3.8) is 0 Å². The normalized spacial score (nSPS) is 13.1. The number of halogens is 1. The number of fused-ring (bicyclic) bond motifs is 1. The average Bonchev–Trinajstić information content (AvgIpc) is 2.40. The number of benzene rings is 1. The van der Waals surface area contributed by atoms with Crippen LogP contribution in [0, 0.1) is 5.41 Å². The van der Waals surface area contributed by atoms with Crippen LogP contribution in [-0.2, 0) is 11.8 Å². The van der Waals surface area contributed by atoms with Crippen LogP contribution in [0.25, 0.3) is 10.9 Å². The first-order valence-electron chi connectivity index (χ1n) is 7.54. The standard InChI is InChI=1S/C17H22ClN3O2/c1-10(19-14(22)9-17(2,3)4)15-20-13-8-11(18)6-7-12(13)16(23)21(15)5/h6-8,10H,9H2,1-5H3,(H,19,22)/t10-/m0/s1. The molecule has 5 nitrogen and oxygen atoms in total. The van der Waals surface area contributed by atoms with Gasteiger partial charge in [-0.15, -0.1) is 0 Å². The van der Waals surface area contributed by atoms with Gasteiger partial charge in [-0.1, -0.05) is 32.4 Å². The highest BCUT2D eigenvalue weighted by molar-refractivity contribution is 6.31. The van der Waals surface area contributed by atoms with E-state index in [1.807, 2.05) is 27.7 Å². The Labute approximate surface area is 140 Å². The summed E-state index contributed by atoms with van der Waals surface area (Å²) in [5, 5.41) is 3.94. The molecule has 0 aliphatic carbocycles. The number of amides is 1. The van der Waals surface area contributed by atoms with Gasteiger partial charge >= 0.3 is 0 Å². The Hall–Kier alpha value is -1.88. The van der Waals surface area contributed by atoms with Gasteiger partial charge in [0.25, 0.3) is 5.56 Å². The first-order valence-corrected chi connectivity index (χ1v) is 7.92. The van der Waals surface area contributed by atoms with E-state index in [4.69, 9.17) is 11.6 Å². The summed E-state index contributed by atoms with van der Waals surface area (Å²) in [7, 11) is 1.66. The van der Waals surface area contributed by atoms with Crippen molar-refractivity contribution >= 4 is 28.4 Å². The molecule has 0 radical (unpaired) electrons. The second-order valence-corrected chi connectivity index (χ2v) is 7.46. The number of carbonyl (C=O) groups excluding carboxylic acids is 1. The molecule has 0 fully saturated rings. The maximum Gasteiger partial charge on any atom is 0.261 e. The molecule has 0 unspecified atom stereocenters. The molecule has 6 heteroatoms. The van der Waals surface area contributed by atoms with Crippen molar-refractivity contribution < 1.29 is 4.79 Å². The minimum absolute atomic E-state index is 0.0644. The molecule has 2 rings (SSSR count). The van der Waals surface area contributed by atoms with Crippen molar-refractivity contribution in [3.05, 3.63) is 39.4 Å². The van der Waals surface area contributed by atoms with E-state index in [9.17, 15) is 9.59 Å². The molecule has 1 heterocycles. The maximum absolute atomic E-state index is 12.4. The first-order chi connectivity index (χ1) is 10.6. The van der Waals surface area contributed by atoms with Gasteiger partial charge in [0.2, 0.25) is 5.91 Å². The summed E-state index contributed by atoms with van der Waals surface area (Å²) < 4.78 is 1.47. The predicted molar refractivity (Wildman–Crippen MR) is 92.6 cm³/mol. The zero-order chi connectivity index (χ0) is 17.4. The summed E-state index contributed by atoms with van der Waals surface area (Å²) in [5.74, 6) is 0.442. The molecule has 2 aromatic rings. The third-order valence-electron chi connectivity index (χ3n) is 3.53. The molecule has 1 aromatic heterocycles. The summed E-state index contributed by atoms with van der Waals surface area (Å²) in [4.78, 5) is 29.1. The Balaban J connectivity index is 2.37. The molecule has 0 aliphatic heterocycles. The fourth-order valence-electron chi connectivity index (χ4n) is 2.49. The fraction of sp³-hybridized carbons (Fsp3) is 0.471. The van der Waals surface area contributed by atoms with E-state index >= 15 is 0 Å². The zero-order valence-corrected chi connectivity index (χ0v) is 14.9. The van der Waals surface area contributed by atoms with Gasteiger partial charge in [0.05, 0.1) is 16.9 Å². The highest BCUT2D eigenvalue weighted by atomic mass is 35.5. The summed E-state index contributed by atoms with van der Waals surface area (Å²) >= 11 is 5.98. The van der Waals surface area contributed by atoms with Crippen LogP contribution < -0.4 is 10.9 Å². The molecule has 1 amide bonds. The van der Waals surface area contributed by atoms with E-state index in [-0.39, 0.29) is 22.9 Å². The second-order valence-electron chi connectivity index (χ2n) is 7.02. The highest BCUT2D eigenvalue weighted by Gasteiger charge is 2.20. The third kappa shape index (κ3) is 4.10. The molecular weight excluding hydrogens is 314 g/mol. The Morgan fingerprint density at radius 1 is 1.39 bits per heavy atom. The largest absolute Gasteiger partial charge is 0.346 e. The Morgan fingerprint density at radius 3 is 2.65 bits per heavy atom. The SMILES string of the molecule is C[C@H](NC(=O)CC(C)(C)C)c1nc2cc(Cl)ccc2c(=O)n1C. The molecular formula is C17H22ClN3O2. The molecule has 1 N–H and O–H groups in total. The summed E-state index contributed by atoms with van der Waals surface area (Å²) in [5.41, 5.74) is 0.283. The molecule has 0 saturated heterocycles. The van der Waals surface area contributed by atoms with Gasteiger partial charge in [-0.2, -0.15) is 0 Å². The summed E-state index contributed by atoms with van der Waals surface area (Å²) in [6, 6.07) is 4.62. The van der Waals surface area contributed by atoms with Gasteiger partial charge < -0.3 is 5.32 Å². The van der Waals surface area contributed by atoms with Crippen LogP contribution in [0.5, 0.6) is 0 Å². The van der Waals surface area contributed by atoms with E-state index in [1.165, 1.54) is 4.57 Å². The van der Waals surface area contributed by atoms with E-state index in [2.05, 4.69) is 10.3 Å². The van der Waals surface area contributed by atoms with Gasteiger partial charge in [-0.05, 0) is 30.5 Å². The lowest BCUT2D eigenvalue weighted by Crippen LogP contribution is -2.34. The van der Waals surface area contributed by atoms with Crippen LogP contribution in [0.1, 0.15) is 46.0 Å². The van der Waals surface area contributed by atoms with E-state index in [0.717, 1.165) is 0 Å². The van der Waals surface area contributed by atoms with Crippen molar-refractivity contribution in [2.75, 3.05) is 0 Å². The van der Waals surface area contributed by atoms with Crippen molar-refractivity contribution in [1.29, 1.82) is 0 Å². The number of rotatable bonds is 3. The lowest BCUT2D eigenvalue weighted by Gasteiger charge is -2.21.